The lowest BCUT2D eigenvalue weighted by molar-refractivity contribution is 0.100. The van der Waals surface area contributed by atoms with Crippen molar-refractivity contribution in [2.24, 2.45) is 5.73 Å². The average Bonchev–Trinajstić information content (AvgIpc) is 2.97. The molecule has 1 aliphatic rings. The summed E-state index contributed by atoms with van der Waals surface area (Å²) in [5, 5.41) is 3.58. The molecule has 0 bridgehead atoms. The third-order valence-corrected chi connectivity index (χ3v) is 5.50. The number of anilines is 3. The minimum absolute atomic E-state index is 0.275. The third-order valence-electron chi connectivity index (χ3n) is 4.40. The van der Waals surface area contributed by atoms with E-state index in [1.54, 1.807) is 18.5 Å². The maximum Gasteiger partial charge on any atom is 0.331 e. The smallest absolute Gasteiger partial charge is 0.331 e. The SMILES string of the molecule is Cc1cc(C(C)C)ncc1N1C(=O)Nc2ccnc3sc(C(N)=O)c1c23. The van der Waals surface area contributed by atoms with Gasteiger partial charge in [0.15, 0.2) is 0 Å². The van der Waals surface area contributed by atoms with Gasteiger partial charge in [-0.3, -0.25) is 14.7 Å². The van der Waals surface area contributed by atoms with E-state index in [4.69, 9.17) is 5.73 Å². The molecule has 0 saturated heterocycles. The number of primary amides is 1. The van der Waals surface area contributed by atoms with Crippen LogP contribution in [0.15, 0.2) is 24.5 Å². The Balaban J connectivity index is 1.99. The molecule has 3 amide bonds. The predicted molar refractivity (Wildman–Crippen MR) is 102 cm³/mol. The number of rotatable bonds is 3. The van der Waals surface area contributed by atoms with Crippen LogP contribution in [0.4, 0.5) is 21.9 Å². The summed E-state index contributed by atoms with van der Waals surface area (Å²) in [5.74, 6) is -0.310. The normalized spacial score (nSPS) is 13.4. The van der Waals surface area contributed by atoms with Crippen molar-refractivity contribution in [3.05, 3.63) is 40.7 Å². The summed E-state index contributed by atoms with van der Waals surface area (Å²) >= 11 is 1.19. The number of urea groups is 1. The fourth-order valence-corrected chi connectivity index (χ4v) is 4.12. The minimum atomic E-state index is -0.585. The molecule has 0 spiro atoms. The van der Waals surface area contributed by atoms with E-state index in [1.807, 2.05) is 13.0 Å². The summed E-state index contributed by atoms with van der Waals surface area (Å²) < 4.78 is 0. The number of amides is 3. The van der Waals surface area contributed by atoms with Gasteiger partial charge in [-0.05, 0) is 30.5 Å². The Kier molecular flexibility index (Phi) is 3.66. The topological polar surface area (TPSA) is 101 Å². The van der Waals surface area contributed by atoms with E-state index in [1.165, 1.54) is 16.2 Å². The number of nitrogens with zero attached hydrogens (tertiary/aromatic N) is 3. The van der Waals surface area contributed by atoms with E-state index in [0.717, 1.165) is 16.6 Å². The van der Waals surface area contributed by atoms with Crippen LogP contribution in [0.3, 0.4) is 0 Å². The zero-order valence-corrected chi connectivity index (χ0v) is 15.3. The maximum atomic E-state index is 12.9. The number of aromatic nitrogens is 2. The van der Waals surface area contributed by atoms with Crippen LogP contribution in [0, 0.1) is 6.92 Å². The molecule has 0 aromatic carbocycles. The number of hydrogen-bond donors (Lipinski definition) is 2. The molecule has 3 aromatic heterocycles. The first kappa shape index (κ1) is 16.5. The Morgan fingerprint density at radius 3 is 2.77 bits per heavy atom. The molecular weight excluding hydrogens is 350 g/mol. The Hall–Kier alpha value is -3.00. The lowest BCUT2D eigenvalue weighted by Gasteiger charge is -2.29. The molecule has 0 fully saturated rings. The zero-order chi connectivity index (χ0) is 18.6. The quantitative estimate of drug-likeness (QED) is 0.733. The van der Waals surface area contributed by atoms with E-state index in [9.17, 15) is 9.59 Å². The second-order valence-electron chi connectivity index (χ2n) is 6.50. The van der Waals surface area contributed by atoms with Crippen LogP contribution in [0.25, 0.3) is 10.2 Å². The van der Waals surface area contributed by atoms with Crippen LogP contribution in [0.2, 0.25) is 0 Å². The summed E-state index contributed by atoms with van der Waals surface area (Å²) in [4.78, 5) is 36.1. The molecule has 26 heavy (non-hydrogen) atoms. The van der Waals surface area contributed by atoms with E-state index < -0.39 is 5.91 Å². The van der Waals surface area contributed by atoms with Crippen molar-refractivity contribution < 1.29 is 9.59 Å². The molecule has 132 valence electrons. The summed E-state index contributed by atoms with van der Waals surface area (Å²) in [6.07, 6.45) is 3.27. The molecular formula is C18H17N5O2S. The van der Waals surface area contributed by atoms with Crippen molar-refractivity contribution in [1.29, 1.82) is 0 Å². The number of hydrogen-bond acceptors (Lipinski definition) is 5. The van der Waals surface area contributed by atoms with Crippen LogP contribution in [0.1, 0.15) is 40.7 Å². The summed E-state index contributed by atoms with van der Waals surface area (Å²) in [6, 6.07) is 3.32. The largest absolute Gasteiger partial charge is 0.365 e. The zero-order valence-electron chi connectivity index (χ0n) is 14.5. The molecule has 1 aliphatic heterocycles. The molecule has 4 rings (SSSR count). The van der Waals surface area contributed by atoms with Crippen LogP contribution < -0.4 is 16.0 Å². The van der Waals surface area contributed by atoms with Gasteiger partial charge < -0.3 is 11.1 Å². The number of nitrogens with two attached hydrogens (primary N) is 1. The lowest BCUT2D eigenvalue weighted by atomic mass is 10.1. The Labute approximate surface area is 153 Å². The highest BCUT2D eigenvalue weighted by molar-refractivity contribution is 7.21. The summed E-state index contributed by atoms with van der Waals surface area (Å²) in [6.45, 7) is 6.04. The van der Waals surface area contributed by atoms with Gasteiger partial charge in [-0.1, -0.05) is 13.8 Å². The fourth-order valence-electron chi connectivity index (χ4n) is 3.11. The number of thiophene rings is 1. The van der Waals surface area contributed by atoms with Crippen molar-refractivity contribution in [2.45, 2.75) is 26.7 Å². The van der Waals surface area contributed by atoms with Gasteiger partial charge in [0, 0.05) is 11.9 Å². The predicted octanol–water partition coefficient (Wildman–Crippen LogP) is 3.91. The molecule has 0 unspecified atom stereocenters. The van der Waals surface area contributed by atoms with Crippen molar-refractivity contribution in [3.8, 4) is 0 Å². The van der Waals surface area contributed by atoms with Gasteiger partial charge in [0.1, 0.15) is 9.71 Å². The van der Waals surface area contributed by atoms with Crippen LogP contribution in [-0.4, -0.2) is 21.9 Å². The first-order valence-electron chi connectivity index (χ1n) is 8.17. The number of carbonyl (C=O) groups excluding carboxylic acids is 2. The van der Waals surface area contributed by atoms with Gasteiger partial charge in [-0.15, -0.1) is 11.3 Å². The molecule has 0 radical (unpaired) electrons. The van der Waals surface area contributed by atoms with Gasteiger partial charge in [-0.2, -0.15) is 0 Å². The van der Waals surface area contributed by atoms with Gasteiger partial charge in [0.25, 0.3) is 5.91 Å². The highest BCUT2D eigenvalue weighted by Gasteiger charge is 2.34. The molecule has 8 heteroatoms. The highest BCUT2D eigenvalue weighted by atomic mass is 32.1. The van der Waals surface area contributed by atoms with Crippen LogP contribution in [0.5, 0.6) is 0 Å². The Bertz CT molecular complexity index is 1070. The van der Waals surface area contributed by atoms with Crippen LogP contribution >= 0.6 is 11.3 Å². The van der Waals surface area contributed by atoms with E-state index in [2.05, 4.69) is 29.1 Å². The van der Waals surface area contributed by atoms with Crippen molar-refractivity contribution in [3.63, 3.8) is 0 Å². The first-order chi connectivity index (χ1) is 12.4. The number of carbonyl (C=O) groups is 2. The van der Waals surface area contributed by atoms with Gasteiger partial charge in [0.2, 0.25) is 0 Å². The van der Waals surface area contributed by atoms with Crippen molar-refractivity contribution >= 4 is 50.6 Å². The highest BCUT2D eigenvalue weighted by Crippen LogP contribution is 2.47. The first-order valence-corrected chi connectivity index (χ1v) is 8.99. The summed E-state index contributed by atoms with van der Waals surface area (Å²) in [7, 11) is 0. The molecule has 7 nitrogen and oxygen atoms in total. The number of pyridine rings is 2. The van der Waals surface area contributed by atoms with Crippen molar-refractivity contribution in [2.75, 3.05) is 10.2 Å². The summed E-state index contributed by atoms with van der Waals surface area (Å²) in [5.41, 5.74) is 9.13. The van der Waals surface area contributed by atoms with Gasteiger partial charge in [-0.25, -0.2) is 9.78 Å². The van der Waals surface area contributed by atoms with Gasteiger partial charge in [0.05, 0.1) is 28.6 Å². The van der Waals surface area contributed by atoms with E-state index in [-0.39, 0.29) is 11.9 Å². The third kappa shape index (κ3) is 2.33. The van der Waals surface area contributed by atoms with E-state index >= 15 is 0 Å². The lowest BCUT2D eigenvalue weighted by Crippen LogP contribution is -2.35. The number of nitrogens with one attached hydrogen (secondary N) is 1. The number of aryl methyl sites for hydroxylation is 1. The van der Waals surface area contributed by atoms with E-state index in [0.29, 0.717) is 26.8 Å². The molecule has 3 N–H and O–H groups in total. The molecule has 4 heterocycles. The standard InChI is InChI=1S/C18H17N5O2S/c1-8(2)11-6-9(3)12(7-21-11)23-14-13-10(22-18(23)25)4-5-20-17(13)26-15(14)16(19)24/h4-8H,1-3H3,(H2,19,24)(H,22,25). The van der Waals surface area contributed by atoms with Crippen molar-refractivity contribution in [1.82, 2.24) is 9.97 Å². The Morgan fingerprint density at radius 2 is 2.12 bits per heavy atom. The Morgan fingerprint density at radius 1 is 1.35 bits per heavy atom. The maximum absolute atomic E-state index is 12.9. The second kappa shape index (κ2) is 5.77. The minimum Gasteiger partial charge on any atom is -0.365 e. The molecule has 0 saturated carbocycles. The van der Waals surface area contributed by atoms with Gasteiger partial charge >= 0.3 is 6.03 Å². The monoisotopic (exact) mass is 367 g/mol. The molecule has 0 atom stereocenters. The fraction of sp³-hybridized carbons (Fsp3) is 0.222. The van der Waals surface area contributed by atoms with Crippen LogP contribution in [-0.2, 0) is 0 Å². The average molecular weight is 367 g/mol. The second-order valence-corrected chi connectivity index (χ2v) is 7.50. The molecule has 3 aromatic rings. The molecule has 0 aliphatic carbocycles.